The first-order valence-electron chi connectivity index (χ1n) is 9.09. The predicted molar refractivity (Wildman–Crippen MR) is 112 cm³/mol. The molecule has 0 amide bonds. The van der Waals surface area contributed by atoms with Gasteiger partial charge >= 0.3 is 0 Å². The lowest BCUT2D eigenvalue weighted by atomic mass is 9.97. The van der Waals surface area contributed by atoms with E-state index < -0.39 is 10.0 Å². The molecule has 0 fully saturated rings. The number of anilines is 1. The number of ether oxygens (including phenoxy) is 2. The Morgan fingerprint density at radius 2 is 1.72 bits per heavy atom. The Hall–Kier alpha value is -3.32. The van der Waals surface area contributed by atoms with Gasteiger partial charge in [0.1, 0.15) is 17.6 Å². The minimum atomic E-state index is -3.68. The molecule has 0 bridgehead atoms. The molecule has 7 heteroatoms. The number of pyridine rings is 1. The summed E-state index contributed by atoms with van der Waals surface area (Å²) in [6.07, 6.45) is 8.35. The number of benzene rings is 2. The van der Waals surface area contributed by atoms with Crippen molar-refractivity contribution in [2.45, 2.75) is 17.4 Å². The molecule has 2 aromatic carbocycles. The monoisotopic (exact) mass is 408 g/mol. The van der Waals surface area contributed by atoms with E-state index in [0.717, 1.165) is 17.5 Å². The van der Waals surface area contributed by atoms with Crippen molar-refractivity contribution in [2.24, 2.45) is 0 Å². The minimum Gasteiger partial charge on any atom is -0.497 e. The largest absolute Gasteiger partial charge is 0.497 e. The van der Waals surface area contributed by atoms with Gasteiger partial charge in [0.05, 0.1) is 12.0 Å². The Balaban J connectivity index is 1.46. The van der Waals surface area contributed by atoms with Crippen molar-refractivity contribution in [3.05, 3.63) is 84.2 Å². The van der Waals surface area contributed by atoms with E-state index in [1.54, 1.807) is 42.6 Å². The number of aromatic nitrogens is 1. The molecule has 1 aromatic heterocycles. The van der Waals surface area contributed by atoms with Crippen molar-refractivity contribution in [1.82, 2.24) is 4.98 Å². The van der Waals surface area contributed by atoms with Gasteiger partial charge in [0, 0.05) is 30.1 Å². The standard InChI is InChI=1S/C22H20N2O4S/c1-27-18-9-11-20(12-10-18)29(25,26)24-17-5-7-19(8-6-17)28-22-4-2-3-16-15-23-14-13-21(16)22/h2-3,5-15,22,24H,4H2,1H3. The Bertz CT molecular complexity index is 1120. The molecule has 6 nitrogen and oxygen atoms in total. The highest BCUT2D eigenvalue weighted by molar-refractivity contribution is 7.92. The molecule has 0 saturated carbocycles. The van der Waals surface area contributed by atoms with Gasteiger partial charge in [-0.25, -0.2) is 8.42 Å². The molecule has 148 valence electrons. The summed E-state index contributed by atoms with van der Waals surface area (Å²) in [5.74, 6) is 1.26. The van der Waals surface area contributed by atoms with Gasteiger partial charge in [-0.2, -0.15) is 0 Å². The van der Waals surface area contributed by atoms with E-state index in [9.17, 15) is 8.42 Å². The minimum absolute atomic E-state index is 0.0974. The molecule has 0 saturated heterocycles. The third kappa shape index (κ3) is 4.25. The van der Waals surface area contributed by atoms with E-state index in [1.165, 1.54) is 19.2 Å². The molecule has 1 aliphatic carbocycles. The maximum Gasteiger partial charge on any atom is 0.261 e. The highest BCUT2D eigenvalue weighted by atomic mass is 32.2. The fourth-order valence-corrected chi connectivity index (χ4v) is 4.20. The molecular formula is C22H20N2O4S. The number of fused-ring (bicyclic) bond motifs is 1. The second-order valence-corrected chi connectivity index (χ2v) is 8.24. The fourth-order valence-electron chi connectivity index (χ4n) is 3.14. The van der Waals surface area contributed by atoms with E-state index in [0.29, 0.717) is 17.2 Å². The summed E-state index contributed by atoms with van der Waals surface area (Å²) in [4.78, 5) is 4.31. The molecule has 1 unspecified atom stereocenters. The molecule has 0 aliphatic heterocycles. The Morgan fingerprint density at radius 3 is 2.45 bits per heavy atom. The topological polar surface area (TPSA) is 77.5 Å². The molecule has 1 aliphatic rings. The van der Waals surface area contributed by atoms with Crippen LogP contribution in [0.2, 0.25) is 0 Å². The summed E-state index contributed by atoms with van der Waals surface area (Å²) < 4.78 is 38.8. The average molecular weight is 408 g/mol. The fraction of sp³-hybridized carbons (Fsp3) is 0.136. The van der Waals surface area contributed by atoms with Crippen molar-refractivity contribution in [1.29, 1.82) is 0 Å². The number of nitrogens with one attached hydrogen (secondary N) is 1. The lowest BCUT2D eigenvalue weighted by molar-refractivity contribution is 0.208. The zero-order chi connectivity index (χ0) is 20.3. The summed E-state index contributed by atoms with van der Waals surface area (Å²) in [6, 6.07) is 15.1. The van der Waals surface area contributed by atoms with Crippen LogP contribution in [-0.4, -0.2) is 20.5 Å². The van der Waals surface area contributed by atoms with Crippen molar-refractivity contribution >= 4 is 21.8 Å². The summed E-state index contributed by atoms with van der Waals surface area (Å²) in [7, 11) is -2.15. The third-order valence-electron chi connectivity index (χ3n) is 4.64. The molecule has 4 rings (SSSR count). The van der Waals surface area contributed by atoms with E-state index in [4.69, 9.17) is 9.47 Å². The van der Waals surface area contributed by atoms with Gasteiger partial charge < -0.3 is 9.47 Å². The van der Waals surface area contributed by atoms with Gasteiger partial charge in [-0.3, -0.25) is 9.71 Å². The maximum absolute atomic E-state index is 12.5. The molecule has 3 aromatic rings. The molecule has 1 heterocycles. The summed E-state index contributed by atoms with van der Waals surface area (Å²) >= 11 is 0. The first-order chi connectivity index (χ1) is 14.0. The normalized spacial score (nSPS) is 15.4. The van der Waals surface area contributed by atoms with E-state index in [1.807, 2.05) is 18.3 Å². The average Bonchev–Trinajstić information content (AvgIpc) is 2.75. The van der Waals surface area contributed by atoms with Crippen molar-refractivity contribution in [3.8, 4) is 11.5 Å². The molecular weight excluding hydrogens is 388 g/mol. The van der Waals surface area contributed by atoms with E-state index in [2.05, 4.69) is 15.8 Å². The Kier molecular flexibility index (Phi) is 5.22. The van der Waals surface area contributed by atoms with Crippen molar-refractivity contribution in [2.75, 3.05) is 11.8 Å². The zero-order valence-electron chi connectivity index (χ0n) is 15.8. The summed E-state index contributed by atoms with van der Waals surface area (Å²) in [5, 5.41) is 0. The summed E-state index contributed by atoms with van der Waals surface area (Å²) in [5.41, 5.74) is 2.60. The lowest BCUT2D eigenvalue weighted by Crippen LogP contribution is -2.13. The van der Waals surface area contributed by atoms with Crippen molar-refractivity contribution in [3.63, 3.8) is 0 Å². The number of sulfonamides is 1. The number of nitrogens with zero attached hydrogens (tertiary/aromatic N) is 1. The van der Waals surface area contributed by atoms with E-state index >= 15 is 0 Å². The second kappa shape index (κ2) is 7.97. The smallest absolute Gasteiger partial charge is 0.261 e. The molecule has 1 atom stereocenters. The Morgan fingerprint density at radius 1 is 1.00 bits per heavy atom. The van der Waals surface area contributed by atoms with Crippen LogP contribution in [0.3, 0.4) is 0 Å². The van der Waals surface area contributed by atoms with Crippen LogP contribution in [0.25, 0.3) is 6.08 Å². The predicted octanol–water partition coefficient (Wildman–Crippen LogP) is 4.43. The summed E-state index contributed by atoms with van der Waals surface area (Å²) in [6.45, 7) is 0. The van der Waals surface area contributed by atoms with Gasteiger partial charge in [-0.15, -0.1) is 0 Å². The van der Waals surface area contributed by atoms with E-state index in [-0.39, 0.29) is 11.0 Å². The number of rotatable bonds is 6. The number of hydrogen-bond donors (Lipinski definition) is 1. The highest BCUT2D eigenvalue weighted by Crippen LogP contribution is 2.32. The van der Waals surface area contributed by atoms with Crippen LogP contribution in [-0.2, 0) is 10.0 Å². The van der Waals surface area contributed by atoms with Crippen LogP contribution in [0.15, 0.2) is 78.0 Å². The van der Waals surface area contributed by atoms with Crippen LogP contribution < -0.4 is 14.2 Å². The first-order valence-corrected chi connectivity index (χ1v) is 10.6. The quantitative estimate of drug-likeness (QED) is 0.653. The third-order valence-corrected chi connectivity index (χ3v) is 6.03. The molecule has 0 radical (unpaired) electrons. The molecule has 29 heavy (non-hydrogen) atoms. The van der Waals surface area contributed by atoms with Crippen LogP contribution >= 0.6 is 0 Å². The van der Waals surface area contributed by atoms with Crippen LogP contribution in [0.1, 0.15) is 23.7 Å². The molecule has 0 spiro atoms. The lowest BCUT2D eigenvalue weighted by Gasteiger charge is -2.22. The highest BCUT2D eigenvalue weighted by Gasteiger charge is 2.19. The number of methoxy groups -OCH3 is 1. The first kappa shape index (κ1) is 19.0. The van der Waals surface area contributed by atoms with Gasteiger partial charge in [-0.1, -0.05) is 12.2 Å². The maximum atomic E-state index is 12.5. The van der Waals surface area contributed by atoms with Gasteiger partial charge in [0.25, 0.3) is 10.0 Å². The Labute approximate surface area is 169 Å². The van der Waals surface area contributed by atoms with Crippen LogP contribution in [0, 0.1) is 0 Å². The zero-order valence-corrected chi connectivity index (χ0v) is 16.6. The number of hydrogen-bond acceptors (Lipinski definition) is 5. The molecule has 1 N–H and O–H groups in total. The van der Waals surface area contributed by atoms with Crippen LogP contribution in [0.5, 0.6) is 11.5 Å². The van der Waals surface area contributed by atoms with Crippen molar-refractivity contribution < 1.29 is 17.9 Å². The van der Waals surface area contributed by atoms with Gasteiger partial charge in [-0.05, 0) is 60.2 Å². The van der Waals surface area contributed by atoms with Gasteiger partial charge in [0.2, 0.25) is 0 Å². The van der Waals surface area contributed by atoms with Crippen LogP contribution in [0.4, 0.5) is 5.69 Å². The van der Waals surface area contributed by atoms with Gasteiger partial charge in [0.15, 0.2) is 0 Å². The SMILES string of the molecule is COc1ccc(S(=O)(=O)Nc2ccc(OC3CC=Cc4cnccc43)cc2)cc1. The second-order valence-electron chi connectivity index (χ2n) is 6.55.